The maximum Gasteiger partial charge on any atom is 0.110 e. The summed E-state index contributed by atoms with van der Waals surface area (Å²) in [6.45, 7) is 2.41. The maximum atomic E-state index is 5.41. The van der Waals surface area contributed by atoms with Crippen molar-refractivity contribution in [1.29, 1.82) is 0 Å². The van der Waals surface area contributed by atoms with Gasteiger partial charge in [-0.05, 0) is 56.3 Å². The van der Waals surface area contributed by atoms with E-state index in [1.165, 1.54) is 51.4 Å². The fraction of sp³-hybridized carbons (Fsp3) is 1.00. The fourth-order valence-electron chi connectivity index (χ4n) is 3.41. The number of hydrogen-bond donors (Lipinski definition) is 0. The van der Waals surface area contributed by atoms with Gasteiger partial charge in [-0.25, -0.2) is 0 Å². The molecule has 0 spiro atoms. The molecule has 0 aromatic carbocycles. The highest BCUT2D eigenvalue weighted by atomic mass is 127. The lowest BCUT2D eigenvalue weighted by atomic mass is 9.71. The first kappa shape index (κ1) is 12.2. The van der Waals surface area contributed by atoms with Crippen molar-refractivity contribution in [2.24, 2.45) is 17.8 Å². The number of hydrogen-bond acceptors (Lipinski definition) is 1. The molecule has 0 saturated heterocycles. The number of rotatable bonds is 2. The molecular weight excluding hydrogens is 299 g/mol. The van der Waals surface area contributed by atoms with Gasteiger partial charge in [0.2, 0.25) is 0 Å². The quantitative estimate of drug-likeness (QED) is 0.667. The standard InChI is InChI=1S/C13H23IO/c1-10-2-4-11(5-3-10)12-6-8-13(15-14)9-7-12/h10-13H,2-9H2,1H3. The van der Waals surface area contributed by atoms with Gasteiger partial charge < -0.3 is 3.07 Å². The summed E-state index contributed by atoms with van der Waals surface area (Å²) >= 11 is 2.07. The zero-order chi connectivity index (χ0) is 10.7. The lowest BCUT2D eigenvalue weighted by Crippen LogP contribution is -2.27. The highest BCUT2D eigenvalue weighted by Crippen LogP contribution is 2.40. The Hall–Kier alpha value is 0.690. The van der Waals surface area contributed by atoms with E-state index in [9.17, 15) is 0 Å². The van der Waals surface area contributed by atoms with E-state index in [-0.39, 0.29) is 0 Å². The van der Waals surface area contributed by atoms with Gasteiger partial charge in [0, 0.05) is 0 Å². The molecule has 2 aliphatic rings. The summed E-state index contributed by atoms with van der Waals surface area (Å²) in [6, 6.07) is 0. The van der Waals surface area contributed by atoms with E-state index in [1.807, 2.05) is 0 Å². The van der Waals surface area contributed by atoms with Crippen molar-refractivity contribution in [2.75, 3.05) is 0 Å². The molecule has 2 rings (SSSR count). The molecule has 0 aromatic rings. The minimum absolute atomic E-state index is 0.560. The predicted octanol–water partition coefficient (Wildman–Crippen LogP) is 4.74. The van der Waals surface area contributed by atoms with Crippen molar-refractivity contribution in [3.8, 4) is 0 Å². The van der Waals surface area contributed by atoms with Crippen LogP contribution in [0.5, 0.6) is 0 Å². The second-order valence-electron chi connectivity index (χ2n) is 5.65. The van der Waals surface area contributed by atoms with Crippen LogP contribution in [0.15, 0.2) is 0 Å². The molecule has 0 heterocycles. The summed E-state index contributed by atoms with van der Waals surface area (Å²) in [5, 5.41) is 0. The van der Waals surface area contributed by atoms with Crippen LogP contribution in [0.3, 0.4) is 0 Å². The first-order valence-corrected chi connectivity index (χ1v) is 7.45. The molecule has 0 radical (unpaired) electrons. The molecule has 0 bridgehead atoms. The van der Waals surface area contributed by atoms with Crippen molar-refractivity contribution in [3.05, 3.63) is 0 Å². The average molecular weight is 322 g/mol. The SMILES string of the molecule is CC1CCC(C2CCC(OI)CC2)CC1. The van der Waals surface area contributed by atoms with Gasteiger partial charge in [-0.3, -0.25) is 0 Å². The Morgan fingerprint density at radius 2 is 1.27 bits per heavy atom. The van der Waals surface area contributed by atoms with Gasteiger partial charge in [0.25, 0.3) is 0 Å². The van der Waals surface area contributed by atoms with Gasteiger partial charge in [0.15, 0.2) is 0 Å². The van der Waals surface area contributed by atoms with Crippen LogP contribution >= 0.6 is 23.0 Å². The van der Waals surface area contributed by atoms with Crippen LogP contribution in [0, 0.1) is 17.8 Å². The van der Waals surface area contributed by atoms with E-state index in [0.717, 1.165) is 17.8 Å². The van der Waals surface area contributed by atoms with E-state index >= 15 is 0 Å². The molecule has 0 aliphatic heterocycles. The van der Waals surface area contributed by atoms with Crippen LogP contribution in [0.25, 0.3) is 0 Å². The van der Waals surface area contributed by atoms with Crippen LogP contribution in [0.1, 0.15) is 58.3 Å². The molecule has 0 aromatic heterocycles. The zero-order valence-corrected chi connectivity index (χ0v) is 11.9. The maximum absolute atomic E-state index is 5.41. The van der Waals surface area contributed by atoms with Gasteiger partial charge in [-0.2, -0.15) is 0 Å². The Bertz CT molecular complexity index is 179. The van der Waals surface area contributed by atoms with Crippen LogP contribution in [-0.2, 0) is 3.07 Å². The first-order chi connectivity index (χ1) is 7.29. The highest BCUT2D eigenvalue weighted by molar-refractivity contribution is 14.1. The molecule has 88 valence electrons. The molecule has 0 amide bonds. The Balaban J connectivity index is 1.75. The minimum Gasteiger partial charge on any atom is -0.312 e. The van der Waals surface area contributed by atoms with E-state index in [2.05, 4.69) is 29.9 Å². The van der Waals surface area contributed by atoms with E-state index in [4.69, 9.17) is 3.07 Å². The van der Waals surface area contributed by atoms with E-state index < -0.39 is 0 Å². The molecule has 2 aliphatic carbocycles. The average Bonchev–Trinajstić information content (AvgIpc) is 2.30. The number of halogens is 1. The smallest absolute Gasteiger partial charge is 0.110 e. The molecule has 15 heavy (non-hydrogen) atoms. The summed E-state index contributed by atoms with van der Waals surface area (Å²) in [7, 11) is 0. The Morgan fingerprint density at radius 1 is 0.800 bits per heavy atom. The lowest BCUT2D eigenvalue weighted by Gasteiger charge is -2.36. The minimum atomic E-state index is 0.560. The lowest BCUT2D eigenvalue weighted by molar-refractivity contribution is 0.119. The third-order valence-corrected chi connectivity index (χ3v) is 5.29. The van der Waals surface area contributed by atoms with Gasteiger partial charge in [0.1, 0.15) is 23.0 Å². The third kappa shape index (κ3) is 3.32. The Labute approximate surface area is 108 Å². The van der Waals surface area contributed by atoms with Gasteiger partial charge in [-0.15, -0.1) is 0 Å². The third-order valence-electron chi connectivity index (χ3n) is 4.57. The van der Waals surface area contributed by atoms with Crippen LogP contribution in [-0.4, -0.2) is 6.10 Å². The monoisotopic (exact) mass is 322 g/mol. The molecule has 0 N–H and O–H groups in total. The fourth-order valence-corrected chi connectivity index (χ4v) is 3.91. The normalized spacial score (nSPS) is 42.8. The van der Waals surface area contributed by atoms with Crippen molar-refractivity contribution < 1.29 is 3.07 Å². The molecule has 2 fully saturated rings. The molecule has 0 atom stereocenters. The van der Waals surface area contributed by atoms with Crippen molar-refractivity contribution in [2.45, 2.75) is 64.4 Å². The summed E-state index contributed by atoms with van der Waals surface area (Å²) < 4.78 is 5.41. The largest absolute Gasteiger partial charge is 0.312 e. The van der Waals surface area contributed by atoms with Crippen molar-refractivity contribution in [3.63, 3.8) is 0 Å². The van der Waals surface area contributed by atoms with Crippen LogP contribution in [0.2, 0.25) is 0 Å². The predicted molar refractivity (Wildman–Crippen MR) is 72.0 cm³/mol. The summed E-state index contributed by atoms with van der Waals surface area (Å²) in [6.07, 6.45) is 12.0. The van der Waals surface area contributed by atoms with Crippen molar-refractivity contribution in [1.82, 2.24) is 0 Å². The highest BCUT2D eigenvalue weighted by Gasteiger charge is 2.29. The zero-order valence-electron chi connectivity index (χ0n) is 9.75. The van der Waals surface area contributed by atoms with Crippen LogP contribution in [0.4, 0.5) is 0 Å². The second-order valence-corrected chi connectivity index (χ2v) is 6.15. The van der Waals surface area contributed by atoms with Gasteiger partial charge in [-0.1, -0.05) is 19.8 Å². The first-order valence-electron chi connectivity index (χ1n) is 6.57. The summed E-state index contributed by atoms with van der Waals surface area (Å²) in [4.78, 5) is 0. The van der Waals surface area contributed by atoms with Gasteiger partial charge >= 0.3 is 0 Å². The Kier molecular flexibility index (Phi) is 4.74. The van der Waals surface area contributed by atoms with Gasteiger partial charge in [0.05, 0.1) is 6.10 Å². The van der Waals surface area contributed by atoms with E-state index in [1.54, 1.807) is 0 Å². The van der Waals surface area contributed by atoms with Crippen molar-refractivity contribution >= 4 is 23.0 Å². The second kappa shape index (κ2) is 5.85. The molecule has 0 unspecified atom stereocenters. The molecule has 2 heteroatoms. The molecular formula is C13H23IO. The topological polar surface area (TPSA) is 9.23 Å². The summed E-state index contributed by atoms with van der Waals surface area (Å²) in [5.74, 6) is 3.08. The Morgan fingerprint density at radius 3 is 1.73 bits per heavy atom. The summed E-state index contributed by atoms with van der Waals surface area (Å²) in [5.41, 5.74) is 0. The van der Waals surface area contributed by atoms with E-state index in [0.29, 0.717) is 6.10 Å². The molecule has 2 saturated carbocycles. The van der Waals surface area contributed by atoms with Crippen LogP contribution < -0.4 is 0 Å². The molecule has 1 nitrogen and oxygen atoms in total.